The number of carbonyl (C=O) groups is 2. The highest BCUT2D eigenvalue weighted by atomic mass is 16.3. The maximum atomic E-state index is 12.3. The Morgan fingerprint density at radius 2 is 2.00 bits per heavy atom. The summed E-state index contributed by atoms with van der Waals surface area (Å²) in [6, 6.07) is 0. The topological polar surface area (TPSA) is 74.6 Å². The van der Waals surface area contributed by atoms with Crippen LogP contribution in [-0.2, 0) is 9.59 Å². The number of Topliss-reactive ketones (excluding diaryl/α,β-unsaturated/α-hetero) is 1. The predicted octanol–water partition coefficient (Wildman–Crippen LogP) is 2.75. The Balaban J connectivity index is 1.86. The highest BCUT2D eigenvalue weighted by Crippen LogP contribution is 2.66. The molecule has 2 N–H and O–H groups in total. The summed E-state index contributed by atoms with van der Waals surface area (Å²) in [5.74, 6) is -0.0271. The van der Waals surface area contributed by atoms with Crippen LogP contribution in [0.1, 0.15) is 47.0 Å². The molecule has 0 aliphatic heterocycles. The number of aliphatic hydroxyl groups excluding tert-OH is 1. The quantitative estimate of drug-likeness (QED) is 0.758. The zero-order valence-corrected chi connectivity index (χ0v) is 16.0. The molecule has 0 bridgehead atoms. The number of allylic oxidation sites excluding steroid dienone is 6. The molecule has 0 unspecified atom stereocenters. The fraction of sp³-hybridized carbons (Fsp3) is 0.636. The summed E-state index contributed by atoms with van der Waals surface area (Å²) >= 11 is 0. The molecule has 0 heterocycles. The number of carbonyl (C=O) groups excluding carboxylic acids is 2. The first-order chi connectivity index (χ1) is 12.0. The predicted molar refractivity (Wildman–Crippen MR) is 98.2 cm³/mol. The lowest BCUT2D eigenvalue weighted by molar-refractivity contribution is -0.168. The average molecular weight is 356 g/mol. The second kappa shape index (κ2) is 5.26. The zero-order valence-electron chi connectivity index (χ0n) is 16.0. The van der Waals surface area contributed by atoms with Crippen LogP contribution in [0.25, 0.3) is 0 Å². The van der Waals surface area contributed by atoms with Crippen molar-refractivity contribution in [3.05, 3.63) is 35.5 Å². The normalized spacial score (nSPS) is 49.7. The number of fused-ring (bicyclic) bond motifs is 5. The van der Waals surface area contributed by atoms with Crippen molar-refractivity contribution in [3.63, 3.8) is 0 Å². The number of ketones is 2. The molecule has 4 nitrogen and oxygen atoms in total. The minimum absolute atomic E-state index is 0.00867. The van der Waals surface area contributed by atoms with E-state index < -0.39 is 22.5 Å². The van der Waals surface area contributed by atoms with Crippen LogP contribution in [0.15, 0.2) is 35.5 Å². The van der Waals surface area contributed by atoms with Crippen molar-refractivity contribution >= 4 is 11.6 Å². The Morgan fingerprint density at radius 1 is 1.31 bits per heavy atom. The van der Waals surface area contributed by atoms with Gasteiger partial charge in [0.15, 0.2) is 11.6 Å². The van der Waals surface area contributed by atoms with Crippen molar-refractivity contribution < 1.29 is 19.8 Å². The summed E-state index contributed by atoms with van der Waals surface area (Å²) in [6.07, 6.45) is 8.46. The third-order valence-corrected chi connectivity index (χ3v) is 8.11. The van der Waals surface area contributed by atoms with Crippen molar-refractivity contribution in [2.24, 2.45) is 28.6 Å². The third-order valence-electron chi connectivity index (χ3n) is 8.11. The first-order valence-corrected chi connectivity index (χ1v) is 9.60. The molecule has 0 spiro atoms. The van der Waals surface area contributed by atoms with Crippen LogP contribution in [0.2, 0.25) is 0 Å². The molecule has 26 heavy (non-hydrogen) atoms. The van der Waals surface area contributed by atoms with Crippen LogP contribution in [0.5, 0.6) is 0 Å². The van der Waals surface area contributed by atoms with Gasteiger partial charge >= 0.3 is 0 Å². The van der Waals surface area contributed by atoms with E-state index in [1.54, 1.807) is 12.2 Å². The van der Waals surface area contributed by atoms with Crippen LogP contribution in [0.4, 0.5) is 0 Å². The first-order valence-electron chi connectivity index (χ1n) is 9.60. The Labute approximate surface area is 154 Å². The average Bonchev–Trinajstić information content (AvgIpc) is 2.81. The maximum absolute atomic E-state index is 12.3. The highest BCUT2D eigenvalue weighted by Gasteiger charge is 2.67. The van der Waals surface area contributed by atoms with Crippen molar-refractivity contribution in [3.8, 4) is 0 Å². The van der Waals surface area contributed by atoms with Crippen molar-refractivity contribution in [1.82, 2.24) is 0 Å². The van der Waals surface area contributed by atoms with Crippen molar-refractivity contribution in [2.75, 3.05) is 0 Å². The van der Waals surface area contributed by atoms with E-state index >= 15 is 0 Å². The van der Waals surface area contributed by atoms with Crippen LogP contribution in [-0.4, -0.2) is 33.5 Å². The highest BCUT2D eigenvalue weighted by molar-refractivity contribution is 6.02. The molecule has 0 aromatic heterocycles. The molecule has 0 amide bonds. The molecule has 7 atom stereocenters. The summed E-state index contributed by atoms with van der Waals surface area (Å²) in [5, 5.41) is 22.4. The van der Waals surface area contributed by atoms with Crippen LogP contribution >= 0.6 is 0 Å². The molecule has 4 aliphatic carbocycles. The molecule has 0 radical (unpaired) electrons. The molecule has 140 valence electrons. The van der Waals surface area contributed by atoms with Gasteiger partial charge in [-0.05, 0) is 62.7 Å². The van der Waals surface area contributed by atoms with E-state index in [1.165, 1.54) is 6.92 Å². The molecule has 4 heteroatoms. The third kappa shape index (κ3) is 1.97. The molecule has 2 fully saturated rings. The van der Waals surface area contributed by atoms with Gasteiger partial charge in [0.2, 0.25) is 0 Å². The second-order valence-electron chi connectivity index (χ2n) is 9.28. The maximum Gasteiger partial charge on any atom is 0.178 e. The van der Waals surface area contributed by atoms with E-state index in [0.717, 1.165) is 17.6 Å². The van der Waals surface area contributed by atoms with E-state index in [1.807, 2.05) is 19.9 Å². The summed E-state index contributed by atoms with van der Waals surface area (Å²) < 4.78 is 0. The van der Waals surface area contributed by atoms with Gasteiger partial charge in [-0.2, -0.15) is 0 Å². The van der Waals surface area contributed by atoms with Gasteiger partial charge in [0.05, 0.1) is 6.10 Å². The smallest absolute Gasteiger partial charge is 0.178 e. The van der Waals surface area contributed by atoms with Gasteiger partial charge in [-0.1, -0.05) is 31.6 Å². The van der Waals surface area contributed by atoms with Gasteiger partial charge in [0.1, 0.15) is 5.60 Å². The number of aliphatic hydroxyl groups is 2. The Hall–Kier alpha value is -1.52. The SMILES string of the molecule is CC(=O)[C@@]1(O)CC[C@H]2[C@@H]3C=C(C)C4=CC(=O)C=C[C@]4(C)[C@H]3[C@@H](O)C[C@@]21C. The summed E-state index contributed by atoms with van der Waals surface area (Å²) in [4.78, 5) is 24.2. The van der Waals surface area contributed by atoms with Crippen molar-refractivity contribution in [2.45, 2.75) is 58.7 Å². The Morgan fingerprint density at radius 3 is 2.65 bits per heavy atom. The lowest BCUT2D eigenvalue weighted by Gasteiger charge is -2.58. The zero-order chi connectivity index (χ0) is 19.1. The molecular formula is C22H28O4. The molecule has 4 aliphatic rings. The molecule has 0 aromatic rings. The number of hydrogen-bond acceptors (Lipinski definition) is 4. The van der Waals surface area contributed by atoms with Gasteiger partial charge in [0, 0.05) is 16.7 Å². The van der Waals surface area contributed by atoms with Gasteiger partial charge in [-0.25, -0.2) is 0 Å². The van der Waals surface area contributed by atoms with Gasteiger partial charge < -0.3 is 10.2 Å². The lowest BCUT2D eigenvalue weighted by atomic mass is 9.47. The molecular weight excluding hydrogens is 328 g/mol. The first kappa shape index (κ1) is 17.9. The second-order valence-corrected chi connectivity index (χ2v) is 9.28. The fourth-order valence-electron chi connectivity index (χ4n) is 6.78. The van der Waals surface area contributed by atoms with Gasteiger partial charge in [-0.15, -0.1) is 0 Å². The Bertz CT molecular complexity index is 790. The minimum Gasteiger partial charge on any atom is -0.393 e. The summed E-state index contributed by atoms with van der Waals surface area (Å²) in [6.45, 7) is 7.57. The summed E-state index contributed by atoms with van der Waals surface area (Å²) in [7, 11) is 0. The fourth-order valence-corrected chi connectivity index (χ4v) is 6.78. The Kier molecular flexibility index (Phi) is 3.62. The summed E-state index contributed by atoms with van der Waals surface area (Å²) in [5.41, 5.74) is -0.312. The van der Waals surface area contributed by atoms with Crippen LogP contribution < -0.4 is 0 Å². The number of hydrogen-bond donors (Lipinski definition) is 2. The van der Waals surface area contributed by atoms with Crippen LogP contribution in [0, 0.1) is 28.6 Å². The molecule has 0 saturated heterocycles. The van der Waals surface area contributed by atoms with E-state index in [4.69, 9.17) is 0 Å². The van der Waals surface area contributed by atoms with Crippen molar-refractivity contribution in [1.29, 1.82) is 0 Å². The van der Waals surface area contributed by atoms with E-state index in [2.05, 4.69) is 13.0 Å². The molecule has 0 aromatic carbocycles. The monoisotopic (exact) mass is 356 g/mol. The molecule has 2 saturated carbocycles. The standard InChI is InChI=1S/C22H28O4/c1-12-9-15-16-6-8-22(26,13(2)23)21(16,4)11-18(25)19(15)20(3)7-5-14(24)10-17(12)20/h5,7,9-10,15-16,18-19,25-26H,6,8,11H2,1-4H3/t15-,16-,18-,19+,20-,21-,22-/m0/s1. The molecule has 4 rings (SSSR count). The van der Waals surface area contributed by atoms with Gasteiger partial charge in [0.25, 0.3) is 0 Å². The van der Waals surface area contributed by atoms with E-state index in [0.29, 0.717) is 12.8 Å². The van der Waals surface area contributed by atoms with E-state index in [9.17, 15) is 19.8 Å². The minimum atomic E-state index is -1.36. The van der Waals surface area contributed by atoms with Crippen LogP contribution in [0.3, 0.4) is 0 Å². The van der Waals surface area contributed by atoms with E-state index in [-0.39, 0.29) is 29.3 Å². The largest absolute Gasteiger partial charge is 0.393 e. The lowest BCUT2D eigenvalue weighted by Crippen LogP contribution is -2.60. The van der Waals surface area contributed by atoms with Gasteiger partial charge in [-0.3, -0.25) is 9.59 Å². The number of rotatable bonds is 1.